The van der Waals surface area contributed by atoms with Gasteiger partial charge in [-0.2, -0.15) is 0 Å². The molecule has 1 unspecified atom stereocenters. The lowest BCUT2D eigenvalue weighted by molar-refractivity contribution is -0.139. The summed E-state index contributed by atoms with van der Waals surface area (Å²) in [5, 5.41) is 3.78. The lowest BCUT2D eigenvalue weighted by atomic mass is 10.1. The van der Waals surface area contributed by atoms with Crippen LogP contribution in [0.25, 0.3) is 0 Å². The number of anilines is 1. The monoisotopic (exact) mass is 561 g/mol. The fourth-order valence-corrected chi connectivity index (χ4v) is 5.32. The summed E-state index contributed by atoms with van der Waals surface area (Å²) in [6.45, 7) is 4.83. The third kappa shape index (κ3) is 7.47. The Bertz CT molecular complexity index is 1320. The number of carbonyl (C=O) groups is 2. The van der Waals surface area contributed by atoms with Crippen LogP contribution in [0, 0.1) is 0 Å². The standard InChI is InChI=1S/C27H29Cl2N3O4S/c1-19(2)30-27(34)20(3)31(17-21-9-11-22(28)12-10-21)26(33)18-32(24-15-13-23(29)14-16-24)37(35,36)25-7-5-4-6-8-25/h4-16,19-20H,17-18H2,1-3H3,(H,30,34). The molecule has 0 aliphatic rings. The highest BCUT2D eigenvalue weighted by Gasteiger charge is 2.32. The predicted molar refractivity (Wildman–Crippen MR) is 147 cm³/mol. The molecule has 196 valence electrons. The topological polar surface area (TPSA) is 86.8 Å². The van der Waals surface area contributed by atoms with E-state index in [1.165, 1.54) is 29.2 Å². The molecule has 7 nitrogen and oxygen atoms in total. The zero-order chi connectivity index (χ0) is 27.2. The Morgan fingerprint density at radius 1 is 0.838 bits per heavy atom. The lowest BCUT2D eigenvalue weighted by Gasteiger charge is -2.32. The highest BCUT2D eigenvalue weighted by molar-refractivity contribution is 7.92. The molecule has 0 heterocycles. The minimum atomic E-state index is -4.11. The molecular weight excluding hydrogens is 533 g/mol. The van der Waals surface area contributed by atoms with E-state index in [9.17, 15) is 18.0 Å². The van der Waals surface area contributed by atoms with Crippen LogP contribution in [-0.4, -0.2) is 43.8 Å². The van der Waals surface area contributed by atoms with Crippen LogP contribution in [0.1, 0.15) is 26.3 Å². The minimum Gasteiger partial charge on any atom is -0.352 e. The molecule has 0 bridgehead atoms. The normalized spacial score (nSPS) is 12.2. The molecule has 0 aromatic heterocycles. The van der Waals surface area contributed by atoms with Gasteiger partial charge in [-0.05, 0) is 74.9 Å². The second-order valence-corrected chi connectivity index (χ2v) is 11.5. The average molecular weight is 563 g/mol. The molecule has 3 aromatic carbocycles. The molecule has 37 heavy (non-hydrogen) atoms. The highest BCUT2D eigenvalue weighted by atomic mass is 35.5. The van der Waals surface area contributed by atoms with Crippen LogP contribution < -0.4 is 9.62 Å². The maximum Gasteiger partial charge on any atom is 0.264 e. The van der Waals surface area contributed by atoms with Gasteiger partial charge in [-0.25, -0.2) is 8.42 Å². The first-order valence-corrected chi connectivity index (χ1v) is 13.9. The van der Waals surface area contributed by atoms with E-state index >= 15 is 0 Å². The van der Waals surface area contributed by atoms with Crippen molar-refractivity contribution in [1.29, 1.82) is 0 Å². The van der Waals surface area contributed by atoms with Crippen molar-refractivity contribution in [3.05, 3.63) is 94.5 Å². The summed E-state index contributed by atoms with van der Waals surface area (Å²) in [7, 11) is -4.11. The first-order chi connectivity index (χ1) is 17.5. The number of nitrogens with zero attached hydrogens (tertiary/aromatic N) is 2. The van der Waals surface area contributed by atoms with Gasteiger partial charge in [-0.1, -0.05) is 53.5 Å². The van der Waals surface area contributed by atoms with Crippen molar-refractivity contribution in [3.8, 4) is 0 Å². The number of halogens is 2. The summed E-state index contributed by atoms with van der Waals surface area (Å²) >= 11 is 12.0. The lowest BCUT2D eigenvalue weighted by Crippen LogP contribution is -2.52. The Kier molecular flexibility index (Phi) is 9.59. The van der Waals surface area contributed by atoms with Crippen LogP contribution in [0.15, 0.2) is 83.8 Å². The van der Waals surface area contributed by atoms with Gasteiger partial charge in [-0.3, -0.25) is 13.9 Å². The van der Waals surface area contributed by atoms with Crippen molar-refractivity contribution in [3.63, 3.8) is 0 Å². The fourth-order valence-electron chi connectivity index (χ4n) is 3.63. The maximum absolute atomic E-state index is 13.8. The van der Waals surface area contributed by atoms with Gasteiger partial charge in [0.1, 0.15) is 12.6 Å². The van der Waals surface area contributed by atoms with Crippen molar-refractivity contribution in [2.24, 2.45) is 0 Å². The van der Waals surface area contributed by atoms with E-state index in [0.717, 1.165) is 9.87 Å². The molecule has 1 atom stereocenters. The van der Waals surface area contributed by atoms with Crippen LogP contribution in [0.4, 0.5) is 5.69 Å². The molecule has 0 spiro atoms. The van der Waals surface area contributed by atoms with Crippen molar-refractivity contribution in [2.75, 3.05) is 10.8 Å². The van der Waals surface area contributed by atoms with E-state index in [4.69, 9.17) is 23.2 Å². The average Bonchev–Trinajstić information content (AvgIpc) is 2.87. The summed E-state index contributed by atoms with van der Waals surface area (Å²) in [5.41, 5.74) is 1.01. The van der Waals surface area contributed by atoms with Gasteiger partial charge in [0.25, 0.3) is 10.0 Å². The number of nitrogens with one attached hydrogen (secondary N) is 1. The van der Waals surface area contributed by atoms with Crippen molar-refractivity contribution >= 4 is 50.7 Å². The van der Waals surface area contributed by atoms with Gasteiger partial charge in [0.05, 0.1) is 10.6 Å². The molecule has 10 heteroatoms. The molecule has 1 N–H and O–H groups in total. The summed E-state index contributed by atoms with van der Waals surface area (Å²) in [6, 6.07) is 19.9. The summed E-state index contributed by atoms with van der Waals surface area (Å²) in [6.07, 6.45) is 0. The molecule has 2 amide bonds. The van der Waals surface area contributed by atoms with Crippen molar-refractivity contribution in [2.45, 2.75) is 44.3 Å². The zero-order valence-corrected chi connectivity index (χ0v) is 23.1. The van der Waals surface area contributed by atoms with E-state index in [1.807, 2.05) is 13.8 Å². The number of hydrogen-bond donors (Lipinski definition) is 1. The Hall–Kier alpha value is -3.07. The Labute approximate surface area is 228 Å². The summed E-state index contributed by atoms with van der Waals surface area (Å²) < 4.78 is 28.3. The first-order valence-electron chi connectivity index (χ1n) is 11.7. The molecule has 0 aliphatic heterocycles. The molecule has 0 aliphatic carbocycles. The number of amides is 2. The van der Waals surface area contributed by atoms with E-state index < -0.39 is 28.5 Å². The van der Waals surface area contributed by atoms with Gasteiger partial charge < -0.3 is 10.2 Å². The smallest absolute Gasteiger partial charge is 0.264 e. The molecule has 0 fully saturated rings. The van der Waals surface area contributed by atoms with E-state index in [1.54, 1.807) is 61.5 Å². The van der Waals surface area contributed by atoms with Crippen molar-refractivity contribution < 1.29 is 18.0 Å². The highest BCUT2D eigenvalue weighted by Crippen LogP contribution is 2.26. The zero-order valence-electron chi connectivity index (χ0n) is 20.8. The molecule has 3 rings (SSSR count). The molecule has 0 saturated heterocycles. The van der Waals surface area contributed by atoms with Gasteiger partial charge >= 0.3 is 0 Å². The summed E-state index contributed by atoms with van der Waals surface area (Å²) in [5.74, 6) is -0.892. The number of rotatable bonds is 10. The summed E-state index contributed by atoms with van der Waals surface area (Å²) in [4.78, 5) is 28.0. The SMILES string of the molecule is CC(C)NC(=O)C(C)N(Cc1ccc(Cl)cc1)C(=O)CN(c1ccc(Cl)cc1)S(=O)(=O)c1ccccc1. The van der Waals surface area contributed by atoms with Crippen LogP contribution in [-0.2, 0) is 26.2 Å². The minimum absolute atomic E-state index is 0.0348. The quantitative estimate of drug-likeness (QED) is 0.371. The third-order valence-corrected chi connectivity index (χ3v) is 7.88. The molecule has 0 radical (unpaired) electrons. The van der Waals surface area contributed by atoms with Gasteiger partial charge in [0.2, 0.25) is 11.8 Å². The van der Waals surface area contributed by atoms with E-state index in [2.05, 4.69) is 5.32 Å². The van der Waals surface area contributed by atoms with Crippen LogP contribution >= 0.6 is 23.2 Å². The number of sulfonamides is 1. The Balaban J connectivity index is 2.00. The molecule has 3 aromatic rings. The van der Waals surface area contributed by atoms with Crippen molar-refractivity contribution in [1.82, 2.24) is 10.2 Å². The van der Waals surface area contributed by atoms with Crippen LogP contribution in [0.3, 0.4) is 0 Å². The molecular formula is C27H29Cl2N3O4S. The van der Waals surface area contributed by atoms with Gasteiger partial charge in [0.15, 0.2) is 0 Å². The first kappa shape index (κ1) is 28.5. The second-order valence-electron chi connectivity index (χ2n) is 8.79. The van der Waals surface area contributed by atoms with Gasteiger partial charge in [-0.15, -0.1) is 0 Å². The number of carbonyl (C=O) groups excluding carboxylic acids is 2. The van der Waals surface area contributed by atoms with E-state index in [-0.39, 0.29) is 29.1 Å². The third-order valence-electron chi connectivity index (χ3n) is 5.59. The maximum atomic E-state index is 13.8. The fraction of sp³-hybridized carbons (Fsp3) is 0.259. The van der Waals surface area contributed by atoms with Gasteiger partial charge in [0, 0.05) is 22.6 Å². The van der Waals surface area contributed by atoms with Crippen LogP contribution in [0.5, 0.6) is 0 Å². The predicted octanol–water partition coefficient (Wildman–Crippen LogP) is 5.13. The number of hydrogen-bond acceptors (Lipinski definition) is 4. The largest absolute Gasteiger partial charge is 0.352 e. The molecule has 0 saturated carbocycles. The Morgan fingerprint density at radius 3 is 1.92 bits per heavy atom. The van der Waals surface area contributed by atoms with Crippen LogP contribution in [0.2, 0.25) is 10.0 Å². The Morgan fingerprint density at radius 2 is 1.38 bits per heavy atom. The number of benzene rings is 3. The van der Waals surface area contributed by atoms with E-state index in [0.29, 0.717) is 10.0 Å². The second kappa shape index (κ2) is 12.4.